The van der Waals surface area contributed by atoms with Crippen LogP contribution in [-0.4, -0.2) is 131 Å². The van der Waals surface area contributed by atoms with E-state index < -0.39 is 101 Å². The number of ether oxygens (including phenoxy) is 6. The third-order valence-electron chi connectivity index (χ3n) is 11.6. The first-order valence-corrected chi connectivity index (χ1v) is 22.5. The zero-order chi connectivity index (χ0) is 47.9. The van der Waals surface area contributed by atoms with E-state index in [4.69, 9.17) is 36.8 Å². The molecule has 4 aromatic carbocycles. The van der Waals surface area contributed by atoms with Gasteiger partial charge >= 0.3 is 16.4 Å². The third-order valence-corrected chi connectivity index (χ3v) is 12.3. The summed E-state index contributed by atoms with van der Waals surface area (Å²) >= 11 is 0. The van der Waals surface area contributed by atoms with E-state index in [2.05, 4.69) is 10.6 Å². The lowest BCUT2D eigenvalue weighted by molar-refractivity contribution is -0.272. The molecule has 3 heterocycles. The van der Waals surface area contributed by atoms with Crippen molar-refractivity contribution in [3.63, 3.8) is 0 Å². The molecule has 1 saturated carbocycles. The number of carbonyl (C=O) groups is 3. The van der Waals surface area contributed by atoms with Crippen LogP contribution in [-0.2, 0) is 26.5 Å². The van der Waals surface area contributed by atoms with E-state index in [9.17, 15) is 53.4 Å². The van der Waals surface area contributed by atoms with E-state index in [0.717, 1.165) is 6.07 Å². The van der Waals surface area contributed by atoms with E-state index in [-0.39, 0.29) is 76.9 Å². The fourth-order valence-electron chi connectivity index (χ4n) is 8.26. The molecule has 0 radical (unpaired) electrons. The normalized spacial score (nSPS) is 27.5. The predicted octanol–water partition coefficient (Wildman–Crippen LogP) is 0.949. The van der Waals surface area contributed by atoms with Crippen molar-refractivity contribution in [1.82, 2.24) is 10.6 Å². The van der Waals surface area contributed by atoms with E-state index in [1.807, 2.05) is 0 Å². The summed E-state index contributed by atoms with van der Waals surface area (Å²) in [6, 6.07) is 16.9. The van der Waals surface area contributed by atoms with Gasteiger partial charge < -0.3 is 78.1 Å². The maximum atomic E-state index is 13.8. The van der Waals surface area contributed by atoms with Crippen molar-refractivity contribution in [2.75, 3.05) is 6.79 Å². The highest BCUT2D eigenvalue weighted by Crippen LogP contribution is 2.51. The lowest BCUT2D eigenvalue weighted by Crippen LogP contribution is -2.67. The van der Waals surface area contributed by atoms with Crippen LogP contribution in [0.4, 0.5) is 0 Å². The zero-order valence-electron chi connectivity index (χ0n) is 36.0. The molecular weight excluding hydrogens is 905 g/mol. The van der Waals surface area contributed by atoms with Crippen LogP contribution >= 0.6 is 0 Å². The van der Waals surface area contributed by atoms with Crippen LogP contribution in [0.1, 0.15) is 75.3 Å². The molecule has 0 unspecified atom stereocenters. The Morgan fingerprint density at radius 1 is 0.821 bits per heavy atom. The number of fused-ring (bicyclic) bond motifs is 4. The van der Waals surface area contributed by atoms with Gasteiger partial charge in [-0.05, 0) is 79.9 Å². The van der Waals surface area contributed by atoms with E-state index in [1.54, 1.807) is 39.0 Å². The highest BCUT2D eigenvalue weighted by molar-refractivity contribution is 7.82. The number of amides is 2. The van der Waals surface area contributed by atoms with Crippen molar-refractivity contribution in [3.8, 4) is 34.5 Å². The Hall–Kier alpha value is -6.24. The first-order valence-electron chi connectivity index (χ1n) is 21.2. The van der Waals surface area contributed by atoms with Crippen LogP contribution in [0.15, 0.2) is 78.9 Å². The van der Waals surface area contributed by atoms with Gasteiger partial charge in [-0.15, -0.1) is 8.42 Å². The molecule has 1 saturated heterocycles. The maximum Gasteiger partial charge on any atom is 0.501 e. The number of benzene rings is 4. The highest BCUT2D eigenvalue weighted by Gasteiger charge is 2.56. The second kappa shape index (κ2) is 19.2. The predicted molar refractivity (Wildman–Crippen MR) is 228 cm³/mol. The molecule has 2 amide bonds. The molecule has 358 valence electrons. The summed E-state index contributed by atoms with van der Waals surface area (Å²) in [6.45, 7) is 4.61. The minimum atomic E-state index is -5.00. The van der Waals surface area contributed by atoms with Gasteiger partial charge in [0, 0.05) is 17.5 Å². The van der Waals surface area contributed by atoms with Crippen LogP contribution in [0.5, 0.6) is 34.5 Å². The van der Waals surface area contributed by atoms with Gasteiger partial charge in [-0.25, -0.2) is 4.79 Å². The molecule has 8 N–H and O–H groups in total. The van der Waals surface area contributed by atoms with Gasteiger partial charge in [-0.2, -0.15) is 0 Å². The summed E-state index contributed by atoms with van der Waals surface area (Å²) in [4.78, 5) is 40.0. The number of hydrogen-bond acceptors (Lipinski definition) is 19. The SMILES string of the molecule is CC[C@H]1O[C@@H](Oc2ccc(C(=O)NC(C)C)cc2OS(=O)(=O)Oc2ccc(COc3c4c(cc5c3C(=O)N[C@@H]3[C@@H](O)[C@@H](O)[C@H](O)[C@@H](OC(=O)c6ccccc6)[C@@H]53)OCO4)cc2)[C@H](O)[C@@H](O)[C@H]1O. The van der Waals surface area contributed by atoms with Crippen molar-refractivity contribution >= 4 is 28.2 Å². The Bertz CT molecular complexity index is 2590. The molecule has 4 aliphatic rings. The number of rotatable bonds is 14. The van der Waals surface area contributed by atoms with E-state index in [1.165, 1.54) is 54.6 Å². The molecule has 22 heteroatoms. The van der Waals surface area contributed by atoms with Gasteiger partial charge in [-0.1, -0.05) is 37.3 Å². The highest BCUT2D eigenvalue weighted by atomic mass is 32.3. The Morgan fingerprint density at radius 2 is 1.54 bits per heavy atom. The summed E-state index contributed by atoms with van der Waals surface area (Å²) < 4.78 is 72.0. The number of carbonyl (C=O) groups excluding carboxylic acids is 3. The second-order valence-corrected chi connectivity index (χ2v) is 17.6. The van der Waals surface area contributed by atoms with Crippen LogP contribution in [0, 0.1) is 0 Å². The van der Waals surface area contributed by atoms with Gasteiger partial charge in [0.1, 0.15) is 55.1 Å². The summed E-state index contributed by atoms with van der Waals surface area (Å²) in [7, 11) is -5.00. The van der Waals surface area contributed by atoms with E-state index >= 15 is 0 Å². The number of esters is 1. The molecule has 0 spiro atoms. The van der Waals surface area contributed by atoms with Gasteiger partial charge in [0.2, 0.25) is 18.8 Å². The Labute approximate surface area is 383 Å². The molecule has 21 nitrogen and oxygen atoms in total. The fraction of sp³-hybridized carbons (Fsp3) is 0.400. The smallest absolute Gasteiger partial charge is 0.484 e. The molecule has 0 aromatic heterocycles. The lowest BCUT2D eigenvalue weighted by Gasteiger charge is -2.48. The summed E-state index contributed by atoms with van der Waals surface area (Å²) in [6.07, 6.45) is -13.9. The Kier molecular flexibility index (Phi) is 13.5. The van der Waals surface area contributed by atoms with Gasteiger partial charge in [-0.3, -0.25) is 9.59 Å². The second-order valence-electron chi connectivity index (χ2n) is 16.5. The largest absolute Gasteiger partial charge is 0.501 e. The number of aliphatic hydroxyl groups is 6. The molecule has 11 atom stereocenters. The third kappa shape index (κ3) is 9.65. The molecule has 4 aromatic rings. The molecule has 8 rings (SSSR count). The Morgan fingerprint density at radius 3 is 2.24 bits per heavy atom. The molecule has 0 bridgehead atoms. The van der Waals surface area contributed by atoms with Crippen molar-refractivity contribution in [2.45, 2.75) is 107 Å². The summed E-state index contributed by atoms with van der Waals surface area (Å²) in [5.41, 5.74) is 0.641. The van der Waals surface area contributed by atoms with Crippen molar-refractivity contribution < 1.29 is 90.2 Å². The summed E-state index contributed by atoms with van der Waals surface area (Å²) in [5.74, 6) is -4.25. The zero-order valence-corrected chi connectivity index (χ0v) is 36.8. The van der Waals surface area contributed by atoms with Crippen LogP contribution < -0.4 is 37.9 Å². The number of aliphatic hydroxyl groups excluding tert-OH is 6. The van der Waals surface area contributed by atoms with Crippen molar-refractivity contribution in [1.29, 1.82) is 0 Å². The molecule has 2 fully saturated rings. The van der Waals surface area contributed by atoms with Gasteiger partial charge in [0.25, 0.3) is 11.8 Å². The first kappa shape index (κ1) is 47.3. The van der Waals surface area contributed by atoms with Crippen molar-refractivity contribution in [3.05, 3.63) is 107 Å². The average molecular weight is 953 g/mol. The van der Waals surface area contributed by atoms with Crippen LogP contribution in [0.2, 0.25) is 0 Å². The quantitative estimate of drug-likeness (QED) is 0.0816. The summed E-state index contributed by atoms with van der Waals surface area (Å²) in [5, 5.41) is 69.7. The molecule has 1 aliphatic carbocycles. The van der Waals surface area contributed by atoms with Crippen LogP contribution in [0.3, 0.4) is 0 Å². The van der Waals surface area contributed by atoms with E-state index in [0.29, 0.717) is 5.56 Å². The monoisotopic (exact) mass is 952 g/mol. The molecular formula is C45H48N2O19S. The van der Waals surface area contributed by atoms with Gasteiger partial charge in [0.15, 0.2) is 23.0 Å². The topological polar surface area (TPSA) is 305 Å². The van der Waals surface area contributed by atoms with Gasteiger partial charge in [0.05, 0.1) is 23.3 Å². The standard InChI is InChI=1S/C45H48N2O19S/c1-4-26-33(48)35(50)38(53)45(62-26)63-27-15-12-23(42(54)46-20(2)3)16-28(27)66-67(57,58)65-24-13-10-21(11-14-24)18-59-41-31-25(17-29-39(41)61-19-60-29)30-32(47-43(31)55)34(49)36(51)37(52)40(30)64-44(56)22-8-6-5-7-9-22/h5-17,20,26,30,32-38,40,45,48-53H,4,18-19H2,1-3H3,(H,46,54)(H,47,55)/t26-,30+,32+,33+,34-,35+,36-,37+,38-,40+,45+/m1/s1. The minimum Gasteiger partial charge on any atom is -0.484 e. The minimum absolute atomic E-state index is 0.0266. The van der Waals surface area contributed by atoms with Crippen molar-refractivity contribution in [2.24, 2.45) is 0 Å². The number of nitrogens with one attached hydrogen (secondary N) is 2. The first-order chi connectivity index (χ1) is 31.9. The fourth-order valence-corrected chi connectivity index (χ4v) is 8.99. The number of hydrogen-bond donors (Lipinski definition) is 8. The molecule has 67 heavy (non-hydrogen) atoms. The lowest BCUT2D eigenvalue weighted by atomic mass is 9.70. The molecule has 3 aliphatic heterocycles. The van der Waals surface area contributed by atoms with Crippen LogP contribution in [0.25, 0.3) is 0 Å². The Balaban J connectivity index is 1.01. The maximum absolute atomic E-state index is 13.8. The average Bonchev–Trinajstić information content (AvgIpc) is 3.78.